The normalized spacial score (nSPS) is 16.2. The number of rotatable bonds is 7. The number of carboxylic acid groups (broad SMARTS) is 1. The van der Waals surface area contributed by atoms with Crippen molar-refractivity contribution < 1.29 is 24.0 Å². The SMILES string of the molecule is O=C(O)CCOc1ccc(F)cc1C1CCCN1c1ccn2ncc([N+](=O)[O-])c2n1. The third-order valence-electron chi connectivity index (χ3n) is 4.98. The smallest absolute Gasteiger partial charge is 0.333 e. The lowest BCUT2D eigenvalue weighted by molar-refractivity contribution is -0.383. The predicted molar refractivity (Wildman–Crippen MR) is 103 cm³/mol. The van der Waals surface area contributed by atoms with Crippen LogP contribution < -0.4 is 9.64 Å². The molecule has 0 aliphatic carbocycles. The van der Waals surface area contributed by atoms with Gasteiger partial charge < -0.3 is 14.7 Å². The van der Waals surface area contributed by atoms with Crippen molar-refractivity contribution in [2.75, 3.05) is 18.1 Å². The summed E-state index contributed by atoms with van der Waals surface area (Å²) in [6.45, 7) is 0.591. The van der Waals surface area contributed by atoms with Gasteiger partial charge in [0.15, 0.2) is 0 Å². The summed E-state index contributed by atoms with van der Waals surface area (Å²) in [7, 11) is 0. The first-order chi connectivity index (χ1) is 14.4. The third kappa shape index (κ3) is 3.73. The Morgan fingerprint density at radius 2 is 2.23 bits per heavy atom. The lowest BCUT2D eigenvalue weighted by Crippen LogP contribution is -2.24. The number of carbonyl (C=O) groups is 1. The molecule has 1 aliphatic rings. The fourth-order valence-electron chi connectivity index (χ4n) is 3.66. The van der Waals surface area contributed by atoms with Gasteiger partial charge in [-0.2, -0.15) is 5.10 Å². The molecular formula is C19H18FN5O5. The maximum Gasteiger partial charge on any atom is 0.333 e. The van der Waals surface area contributed by atoms with Gasteiger partial charge in [0.2, 0.25) is 5.65 Å². The number of halogens is 1. The average Bonchev–Trinajstić information content (AvgIpc) is 3.35. The quantitative estimate of drug-likeness (QED) is 0.461. The van der Waals surface area contributed by atoms with Crippen LogP contribution in [0.15, 0.2) is 36.7 Å². The van der Waals surface area contributed by atoms with Crippen LogP contribution in [0.25, 0.3) is 5.65 Å². The molecule has 0 radical (unpaired) electrons. The summed E-state index contributed by atoms with van der Waals surface area (Å²) in [5, 5.41) is 24.0. The van der Waals surface area contributed by atoms with Gasteiger partial charge in [-0.3, -0.25) is 14.9 Å². The molecule has 1 N–H and O–H groups in total. The molecule has 0 amide bonds. The Labute approximate surface area is 169 Å². The minimum Gasteiger partial charge on any atom is -0.493 e. The van der Waals surface area contributed by atoms with Crippen LogP contribution in [-0.4, -0.2) is 43.7 Å². The molecule has 4 rings (SSSR count). The second-order valence-electron chi connectivity index (χ2n) is 6.87. The third-order valence-corrected chi connectivity index (χ3v) is 4.98. The number of nitro groups is 1. The standard InChI is InChI=1S/C19H18FN5O5/c20-12-3-4-16(30-9-6-18(26)27)13(10-12)14-2-1-7-23(14)17-5-8-24-19(22-17)15(11-21-24)25(28)29/h3-5,8,10-11,14H,1-2,6-7,9H2,(H,26,27). The van der Waals surface area contributed by atoms with Gasteiger partial charge in [0, 0.05) is 18.3 Å². The molecule has 10 nitrogen and oxygen atoms in total. The van der Waals surface area contributed by atoms with Gasteiger partial charge in [0.1, 0.15) is 23.6 Å². The Balaban J connectivity index is 1.68. The van der Waals surface area contributed by atoms with Crippen LogP contribution in [0, 0.1) is 15.9 Å². The summed E-state index contributed by atoms with van der Waals surface area (Å²) >= 11 is 0. The van der Waals surface area contributed by atoms with Crippen LogP contribution in [0.3, 0.4) is 0 Å². The molecule has 1 unspecified atom stereocenters. The molecule has 1 saturated heterocycles. The molecule has 1 fully saturated rings. The zero-order valence-electron chi connectivity index (χ0n) is 15.8. The number of hydrogen-bond donors (Lipinski definition) is 1. The van der Waals surface area contributed by atoms with Gasteiger partial charge in [-0.15, -0.1) is 0 Å². The van der Waals surface area contributed by atoms with Crippen LogP contribution in [0.2, 0.25) is 0 Å². The first-order valence-corrected chi connectivity index (χ1v) is 9.33. The molecule has 3 heterocycles. The van der Waals surface area contributed by atoms with Gasteiger partial charge in [-0.05, 0) is 37.1 Å². The van der Waals surface area contributed by atoms with Crippen LogP contribution in [0.5, 0.6) is 5.75 Å². The number of aliphatic carboxylic acids is 1. The van der Waals surface area contributed by atoms with Crippen LogP contribution >= 0.6 is 0 Å². The van der Waals surface area contributed by atoms with E-state index in [0.717, 1.165) is 12.6 Å². The minimum absolute atomic E-state index is 0.0348. The molecule has 30 heavy (non-hydrogen) atoms. The predicted octanol–water partition coefficient (Wildman–Crippen LogP) is 2.97. The summed E-state index contributed by atoms with van der Waals surface area (Å²) in [6.07, 6.45) is 4.08. The van der Waals surface area contributed by atoms with Gasteiger partial charge >= 0.3 is 11.7 Å². The van der Waals surface area contributed by atoms with Crippen molar-refractivity contribution in [3.8, 4) is 5.75 Å². The molecule has 1 aromatic carbocycles. The lowest BCUT2D eigenvalue weighted by atomic mass is 10.0. The summed E-state index contributed by atoms with van der Waals surface area (Å²) in [5.41, 5.74) is 0.513. The Kier molecular flexibility index (Phi) is 5.17. The van der Waals surface area contributed by atoms with Gasteiger partial charge in [-0.25, -0.2) is 13.9 Å². The van der Waals surface area contributed by atoms with E-state index in [0.29, 0.717) is 30.1 Å². The van der Waals surface area contributed by atoms with E-state index < -0.39 is 16.7 Å². The Morgan fingerprint density at radius 3 is 3.00 bits per heavy atom. The lowest BCUT2D eigenvalue weighted by Gasteiger charge is -2.27. The Bertz CT molecular complexity index is 1120. The molecule has 1 aliphatic heterocycles. The maximum absolute atomic E-state index is 14.0. The van der Waals surface area contributed by atoms with E-state index in [2.05, 4.69) is 10.1 Å². The molecule has 2 aromatic heterocycles. The van der Waals surface area contributed by atoms with Crippen molar-refractivity contribution in [2.24, 2.45) is 0 Å². The fraction of sp³-hybridized carbons (Fsp3) is 0.316. The zero-order chi connectivity index (χ0) is 21.3. The molecular weight excluding hydrogens is 397 g/mol. The summed E-state index contributed by atoms with van der Waals surface area (Å²) in [6, 6.07) is 5.56. The van der Waals surface area contributed by atoms with Crippen LogP contribution in [0.4, 0.5) is 15.9 Å². The highest BCUT2D eigenvalue weighted by Crippen LogP contribution is 2.40. The molecule has 1 atom stereocenters. The number of fused-ring (bicyclic) bond motifs is 1. The second kappa shape index (κ2) is 7.93. The average molecular weight is 415 g/mol. The van der Waals surface area contributed by atoms with Crippen molar-refractivity contribution in [2.45, 2.75) is 25.3 Å². The zero-order valence-corrected chi connectivity index (χ0v) is 15.8. The number of benzene rings is 1. The van der Waals surface area contributed by atoms with Crippen molar-refractivity contribution in [3.05, 3.63) is 58.2 Å². The van der Waals surface area contributed by atoms with Crippen molar-refractivity contribution in [1.29, 1.82) is 0 Å². The van der Waals surface area contributed by atoms with Gasteiger partial charge in [-0.1, -0.05) is 0 Å². The van der Waals surface area contributed by atoms with E-state index >= 15 is 0 Å². The number of hydrogen-bond acceptors (Lipinski definition) is 7. The topological polar surface area (TPSA) is 123 Å². The van der Waals surface area contributed by atoms with Crippen molar-refractivity contribution in [1.82, 2.24) is 14.6 Å². The highest BCUT2D eigenvalue weighted by Gasteiger charge is 2.31. The van der Waals surface area contributed by atoms with Crippen molar-refractivity contribution >= 4 is 23.1 Å². The number of carboxylic acids is 1. The van der Waals surface area contributed by atoms with E-state index in [1.165, 1.54) is 22.7 Å². The summed E-state index contributed by atoms with van der Waals surface area (Å²) < 4.78 is 21.0. The minimum atomic E-state index is -0.985. The van der Waals surface area contributed by atoms with E-state index in [4.69, 9.17) is 9.84 Å². The number of anilines is 1. The molecule has 0 saturated carbocycles. The van der Waals surface area contributed by atoms with E-state index in [1.807, 2.05) is 4.90 Å². The van der Waals surface area contributed by atoms with Gasteiger partial charge in [0.25, 0.3) is 0 Å². The Morgan fingerprint density at radius 1 is 1.40 bits per heavy atom. The molecule has 0 bridgehead atoms. The van der Waals surface area contributed by atoms with Crippen LogP contribution in [0.1, 0.15) is 30.9 Å². The summed E-state index contributed by atoms with van der Waals surface area (Å²) in [5.74, 6) is -0.501. The molecule has 156 valence electrons. The first kappa shape index (κ1) is 19.6. The van der Waals surface area contributed by atoms with Crippen molar-refractivity contribution in [3.63, 3.8) is 0 Å². The first-order valence-electron chi connectivity index (χ1n) is 9.33. The Hall–Kier alpha value is -3.76. The highest BCUT2D eigenvalue weighted by molar-refractivity contribution is 5.66. The van der Waals surface area contributed by atoms with E-state index in [-0.39, 0.29) is 30.4 Å². The molecule has 3 aromatic rings. The fourth-order valence-corrected chi connectivity index (χ4v) is 3.66. The van der Waals surface area contributed by atoms with E-state index in [1.54, 1.807) is 12.3 Å². The second-order valence-corrected chi connectivity index (χ2v) is 6.87. The monoisotopic (exact) mass is 415 g/mol. The van der Waals surface area contributed by atoms with Gasteiger partial charge in [0.05, 0.1) is 24.0 Å². The number of nitrogens with zero attached hydrogens (tertiary/aromatic N) is 5. The largest absolute Gasteiger partial charge is 0.493 e. The molecule has 0 spiro atoms. The van der Waals surface area contributed by atoms with E-state index in [9.17, 15) is 19.3 Å². The number of ether oxygens (including phenoxy) is 1. The van der Waals surface area contributed by atoms with Crippen LogP contribution in [-0.2, 0) is 4.79 Å². The highest BCUT2D eigenvalue weighted by atomic mass is 19.1. The summed E-state index contributed by atoms with van der Waals surface area (Å²) in [4.78, 5) is 27.8. The maximum atomic E-state index is 14.0. The molecule has 11 heteroatoms. The number of aromatic nitrogens is 3.